The molecule has 1 fully saturated rings. The highest BCUT2D eigenvalue weighted by molar-refractivity contribution is 9.09. The maximum Gasteiger partial charge on any atom is 0.281 e. The molecule has 0 N–H and O–H groups in total. The number of alkyl halides is 1. The first kappa shape index (κ1) is 14.9. The summed E-state index contributed by atoms with van der Waals surface area (Å²) in [6, 6.07) is 0. The second kappa shape index (κ2) is 6.12. The zero-order valence-electron chi connectivity index (χ0n) is 10.1. The van der Waals surface area contributed by atoms with Crippen LogP contribution in [0.2, 0.25) is 0 Å². The lowest BCUT2D eigenvalue weighted by atomic mass is 10.3. The van der Waals surface area contributed by atoms with Gasteiger partial charge in [0, 0.05) is 52.0 Å². The molecule has 17 heavy (non-hydrogen) atoms. The number of halogens is 1. The highest BCUT2D eigenvalue weighted by atomic mass is 79.9. The minimum absolute atomic E-state index is 0.0729. The summed E-state index contributed by atoms with van der Waals surface area (Å²) in [5.41, 5.74) is 0. The number of carbonyl (C=O) groups excluding carboxylic acids is 1. The Balaban J connectivity index is 2.54. The summed E-state index contributed by atoms with van der Waals surface area (Å²) in [5, 5.41) is 0.641. The van der Waals surface area contributed by atoms with Crippen LogP contribution >= 0.6 is 15.9 Å². The molecule has 0 spiro atoms. The molecule has 0 aromatic rings. The van der Waals surface area contributed by atoms with E-state index in [1.807, 2.05) is 0 Å². The molecule has 1 heterocycles. The summed E-state index contributed by atoms with van der Waals surface area (Å²) in [7, 11) is -0.319. The fraction of sp³-hybridized carbons (Fsp3) is 0.889. The molecule has 0 saturated carbocycles. The molecular weight excluding hydrogens is 310 g/mol. The van der Waals surface area contributed by atoms with Crippen LogP contribution in [0.4, 0.5) is 0 Å². The summed E-state index contributed by atoms with van der Waals surface area (Å²) in [5.74, 6) is 0.0729. The Kier molecular flexibility index (Phi) is 5.36. The molecule has 0 atom stereocenters. The van der Waals surface area contributed by atoms with Gasteiger partial charge >= 0.3 is 0 Å². The quantitative estimate of drug-likeness (QED) is 0.667. The van der Waals surface area contributed by atoms with Crippen molar-refractivity contribution in [2.45, 2.75) is 6.42 Å². The zero-order valence-corrected chi connectivity index (χ0v) is 12.5. The van der Waals surface area contributed by atoms with Gasteiger partial charge in [0.05, 0.1) is 0 Å². The molecule has 0 unspecified atom stereocenters. The third kappa shape index (κ3) is 3.64. The van der Waals surface area contributed by atoms with Crippen molar-refractivity contribution in [2.75, 3.05) is 45.6 Å². The molecule has 0 aromatic heterocycles. The molecule has 0 aliphatic carbocycles. The van der Waals surface area contributed by atoms with Crippen molar-refractivity contribution in [3.63, 3.8) is 0 Å². The Morgan fingerprint density at radius 1 is 1.24 bits per heavy atom. The number of rotatable bonds is 4. The lowest BCUT2D eigenvalue weighted by molar-refractivity contribution is -0.131. The minimum atomic E-state index is -3.34. The summed E-state index contributed by atoms with van der Waals surface area (Å²) in [6.07, 6.45) is 0.459. The molecule has 1 saturated heterocycles. The van der Waals surface area contributed by atoms with E-state index in [0.717, 1.165) is 0 Å². The van der Waals surface area contributed by atoms with Crippen LogP contribution < -0.4 is 0 Å². The largest absolute Gasteiger partial charge is 0.340 e. The van der Waals surface area contributed by atoms with E-state index >= 15 is 0 Å². The molecule has 0 radical (unpaired) electrons. The first-order valence-corrected chi connectivity index (χ1v) is 7.92. The molecule has 0 aromatic carbocycles. The van der Waals surface area contributed by atoms with Crippen LogP contribution in [-0.4, -0.2) is 73.4 Å². The third-order valence-corrected chi connectivity index (χ3v) is 5.02. The van der Waals surface area contributed by atoms with Crippen molar-refractivity contribution in [3.05, 3.63) is 0 Å². The van der Waals surface area contributed by atoms with E-state index < -0.39 is 10.2 Å². The van der Waals surface area contributed by atoms with E-state index in [-0.39, 0.29) is 5.91 Å². The zero-order chi connectivity index (χ0) is 13.1. The molecule has 8 heteroatoms. The SMILES string of the molecule is CN(C)S(=O)(=O)N1CCN(C(=O)CCBr)CC1. The maximum absolute atomic E-state index is 11.8. The second-order valence-corrected chi connectivity index (χ2v) is 6.94. The highest BCUT2D eigenvalue weighted by Crippen LogP contribution is 2.10. The Hall–Kier alpha value is -0.180. The molecule has 0 bridgehead atoms. The highest BCUT2D eigenvalue weighted by Gasteiger charge is 2.29. The molecule has 1 rings (SSSR count). The van der Waals surface area contributed by atoms with Gasteiger partial charge in [0.2, 0.25) is 5.91 Å². The molecule has 1 amide bonds. The second-order valence-electron chi connectivity index (χ2n) is 4.01. The Morgan fingerprint density at radius 2 is 1.76 bits per heavy atom. The van der Waals surface area contributed by atoms with Crippen LogP contribution in [0.3, 0.4) is 0 Å². The topological polar surface area (TPSA) is 60.9 Å². The average Bonchev–Trinajstić information content (AvgIpc) is 2.29. The molecule has 100 valence electrons. The smallest absolute Gasteiger partial charge is 0.281 e. The molecule has 1 aliphatic rings. The van der Waals surface area contributed by atoms with Gasteiger partial charge in [0.25, 0.3) is 10.2 Å². The fourth-order valence-corrected chi connectivity index (χ4v) is 3.06. The number of carbonyl (C=O) groups is 1. The van der Waals surface area contributed by atoms with Crippen LogP contribution in [0, 0.1) is 0 Å². The predicted octanol–water partition coefficient (Wildman–Crippen LogP) is -0.278. The van der Waals surface area contributed by atoms with Crippen molar-refractivity contribution >= 4 is 32.0 Å². The van der Waals surface area contributed by atoms with Crippen molar-refractivity contribution in [1.29, 1.82) is 0 Å². The predicted molar refractivity (Wildman–Crippen MR) is 69.2 cm³/mol. The minimum Gasteiger partial charge on any atom is -0.340 e. The number of amides is 1. The third-order valence-electron chi connectivity index (χ3n) is 2.69. The van der Waals surface area contributed by atoms with Gasteiger partial charge in [-0.25, -0.2) is 0 Å². The van der Waals surface area contributed by atoms with Gasteiger partial charge in [-0.3, -0.25) is 4.79 Å². The standard InChI is InChI=1S/C9H18BrN3O3S/c1-11(2)17(15,16)13-7-5-12(6-8-13)9(14)3-4-10/h3-8H2,1-2H3. The van der Waals surface area contributed by atoms with E-state index in [4.69, 9.17) is 0 Å². The van der Waals surface area contributed by atoms with Crippen LogP contribution in [0.1, 0.15) is 6.42 Å². The number of nitrogens with zero attached hydrogens (tertiary/aromatic N) is 3. The van der Waals surface area contributed by atoms with Crippen LogP contribution in [-0.2, 0) is 15.0 Å². The van der Waals surface area contributed by atoms with Gasteiger partial charge < -0.3 is 4.90 Å². The Bertz CT molecular complexity index is 364. The van der Waals surface area contributed by atoms with Gasteiger partial charge in [0.1, 0.15) is 0 Å². The monoisotopic (exact) mass is 327 g/mol. The molecule has 6 nitrogen and oxygen atoms in total. The van der Waals surface area contributed by atoms with E-state index in [0.29, 0.717) is 37.9 Å². The lowest BCUT2D eigenvalue weighted by Gasteiger charge is -2.35. The van der Waals surface area contributed by atoms with E-state index in [2.05, 4.69) is 15.9 Å². The number of piperazine rings is 1. The molecule has 1 aliphatic heterocycles. The first-order chi connectivity index (χ1) is 7.89. The van der Waals surface area contributed by atoms with Gasteiger partial charge in [0.15, 0.2) is 0 Å². The van der Waals surface area contributed by atoms with Crippen LogP contribution in [0.5, 0.6) is 0 Å². The normalized spacial score (nSPS) is 18.7. The van der Waals surface area contributed by atoms with Crippen molar-refractivity contribution in [3.8, 4) is 0 Å². The fourth-order valence-electron chi connectivity index (χ4n) is 1.64. The van der Waals surface area contributed by atoms with Gasteiger partial charge in [-0.1, -0.05) is 15.9 Å². The Morgan fingerprint density at radius 3 is 2.18 bits per heavy atom. The lowest BCUT2D eigenvalue weighted by Crippen LogP contribution is -2.53. The average molecular weight is 328 g/mol. The van der Waals surface area contributed by atoms with Crippen LogP contribution in [0.15, 0.2) is 0 Å². The first-order valence-electron chi connectivity index (χ1n) is 5.41. The number of hydrogen-bond acceptors (Lipinski definition) is 3. The van der Waals surface area contributed by atoms with E-state index in [9.17, 15) is 13.2 Å². The van der Waals surface area contributed by atoms with Gasteiger partial charge in [-0.15, -0.1) is 0 Å². The summed E-state index contributed by atoms with van der Waals surface area (Å²) in [4.78, 5) is 13.3. The Labute approximate surface area is 111 Å². The van der Waals surface area contributed by atoms with E-state index in [1.165, 1.54) is 22.7 Å². The molecular formula is C9H18BrN3O3S. The summed E-state index contributed by atoms with van der Waals surface area (Å²) >= 11 is 3.22. The van der Waals surface area contributed by atoms with Gasteiger partial charge in [-0.05, 0) is 0 Å². The van der Waals surface area contributed by atoms with Gasteiger partial charge in [-0.2, -0.15) is 17.0 Å². The summed E-state index contributed by atoms with van der Waals surface area (Å²) in [6.45, 7) is 1.68. The maximum atomic E-state index is 11.8. The van der Waals surface area contributed by atoms with Crippen LogP contribution in [0.25, 0.3) is 0 Å². The summed E-state index contributed by atoms with van der Waals surface area (Å²) < 4.78 is 26.3. The van der Waals surface area contributed by atoms with E-state index in [1.54, 1.807) is 4.90 Å². The number of hydrogen-bond donors (Lipinski definition) is 0. The van der Waals surface area contributed by atoms with Crippen molar-refractivity contribution in [1.82, 2.24) is 13.5 Å². The van der Waals surface area contributed by atoms with Crippen molar-refractivity contribution in [2.24, 2.45) is 0 Å². The van der Waals surface area contributed by atoms with Crippen molar-refractivity contribution < 1.29 is 13.2 Å².